The standard InChI is InChI=1S/C12H16BrNO2S/c1-8-5-14(7-12(2,3)16-8)11(15)9-4-10(13)17-6-9/h4,6,8H,5,7H2,1-3H3. The first kappa shape index (κ1) is 13.1. The minimum absolute atomic E-state index is 0.0878. The van der Waals surface area contributed by atoms with Crippen LogP contribution < -0.4 is 0 Å². The maximum Gasteiger partial charge on any atom is 0.254 e. The van der Waals surface area contributed by atoms with Crippen LogP contribution in [0.4, 0.5) is 0 Å². The third-order valence-corrected chi connectivity index (χ3v) is 4.18. The number of halogens is 1. The average Bonchev–Trinajstić information content (AvgIpc) is 2.60. The Morgan fingerprint density at radius 2 is 2.35 bits per heavy atom. The Labute approximate surface area is 114 Å². The number of hydrogen-bond acceptors (Lipinski definition) is 3. The zero-order valence-corrected chi connectivity index (χ0v) is 12.6. The van der Waals surface area contributed by atoms with Gasteiger partial charge < -0.3 is 9.64 Å². The Bertz CT molecular complexity index is 430. The number of amides is 1. The summed E-state index contributed by atoms with van der Waals surface area (Å²) in [4.78, 5) is 14.2. The van der Waals surface area contributed by atoms with Gasteiger partial charge in [-0.3, -0.25) is 4.79 Å². The number of nitrogens with zero attached hydrogens (tertiary/aromatic N) is 1. The fraction of sp³-hybridized carbons (Fsp3) is 0.583. The summed E-state index contributed by atoms with van der Waals surface area (Å²) >= 11 is 4.92. The number of hydrogen-bond donors (Lipinski definition) is 0. The Balaban J connectivity index is 2.14. The van der Waals surface area contributed by atoms with Crippen LogP contribution in [-0.2, 0) is 4.74 Å². The summed E-state index contributed by atoms with van der Waals surface area (Å²) < 4.78 is 6.78. The second-order valence-electron chi connectivity index (χ2n) is 5.01. The molecule has 1 amide bonds. The molecule has 0 saturated carbocycles. The summed E-state index contributed by atoms with van der Waals surface area (Å²) in [7, 11) is 0. The van der Waals surface area contributed by atoms with Crippen molar-refractivity contribution in [1.82, 2.24) is 4.90 Å². The third kappa shape index (κ3) is 3.09. The molecule has 2 heterocycles. The van der Waals surface area contributed by atoms with Gasteiger partial charge in [0.2, 0.25) is 0 Å². The molecular formula is C12H16BrNO2S. The molecule has 1 aromatic heterocycles. The zero-order valence-electron chi connectivity index (χ0n) is 10.2. The number of carbonyl (C=O) groups excluding carboxylic acids is 1. The fourth-order valence-electron chi connectivity index (χ4n) is 2.21. The van der Waals surface area contributed by atoms with E-state index in [4.69, 9.17) is 4.74 Å². The monoisotopic (exact) mass is 317 g/mol. The molecule has 1 saturated heterocycles. The highest BCUT2D eigenvalue weighted by Crippen LogP contribution is 2.25. The van der Waals surface area contributed by atoms with Crippen molar-refractivity contribution in [2.45, 2.75) is 32.5 Å². The Morgan fingerprint density at radius 1 is 1.65 bits per heavy atom. The van der Waals surface area contributed by atoms with Crippen molar-refractivity contribution in [2.24, 2.45) is 0 Å². The lowest BCUT2D eigenvalue weighted by molar-refractivity contribution is -0.118. The van der Waals surface area contributed by atoms with Gasteiger partial charge in [0, 0.05) is 18.5 Å². The van der Waals surface area contributed by atoms with E-state index in [0.29, 0.717) is 13.1 Å². The normalized spacial score (nSPS) is 23.8. The molecule has 17 heavy (non-hydrogen) atoms. The van der Waals surface area contributed by atoms with Gasteiger partial charge in [0.15, 0.2) is 0 Å². The minimum Gasteiger partial charge on any atom is -0.369 e. The number of carbonyl (C=O) groups is 1. The summed E-state index contributed by atoms with van der Waals surface area (Å²) in [6.45, 7) is 7.35. The van der Waals surface area contributed by atoms with Crippen LogP contribution in [0.2, 0.25) is 0 Å². The fourth-order valence-corrected chi connectivity index (χ4v) is 3.34. The van der Waals surface area contributed by atoms with Crippen LogP contribution >= 0.6 is 27.3 Å². The summed E-state index contributed by atoms with van der Waals surface area (Å²) in [6.07, 6.45) is 0.0878. The molecule has 1 unspecified atom stereocenters. The van der Waals surface area contributed by atoms with Crippen LogP contribution in [0.3, 0.4) is 0 Å². The van der Waals surface area contributed by atoms with Crippen LogP contribution in [0.1, 0.15) is 31.1 Å². The average molecular weight is 318 g/mol. The quantitative estimate of drug-likeness (QED) is 0.796. The second kappa shape index (κ2) is 4.71. The van der Waals surface area contributed by atoms with Gasteiger partial charge in [0.25, 0.3) is 5.91 Å². The molecular weight excluding hydrogens is 302 g/mol. The molecule has 0 aromatic carbocycles. The molecule has 1 atom stereocenters. The highest BCUT2D eigenvalue weighted by atomic mass is 79.9. The van der Waals surface area contributed by atoms with E-state index in [-0.39, 0.29) is 17.6 Å². The van der Waals surface area contributed by atoms with E-state index in [1.54, 1.807) is 0 Å². The molecule has 1 aromatic rings. The van der Waals surface area contributed by atoms with E-state index in [0.717, 1.165) is 9.35 Å². The van der Waals surface area contributed by atoms with Gasteiger partial charge in [0.05, 0.1) is 21.1 Å². The van der Waals surface area contributed by atoms with Crippen LogP contribution in [0.15, 0.2) is 15.2 Å². The number of ether oxygens (including phenoxy) is 1. The predicted molar refractivity (Wildman–Crippen MR) is 72.5 cm³/mol. The first-order valence-corrected chi connectivity index (χ1v) is 7.26. The molecule has 1 fully saturated rings. The molecule has 0 aliphatic carbocycles. The van der Waals surface area contributed by atoms with Crippen LogP contribution in [0, 0.1) is 0 Å². The van der Waals surface area contributed by atoms with Crippen LogP contribution in [0.25, 0.3) is 0 Å². The van der Waals surface area contributed by atoms with Crippen molar-refractivity contribution < 1.29 is 9.53 Å². The first-order valence-electron chi connectivity index (χ1n) is 5.58. The third-order valence-electron chi connectivity index (χ3n) is 2.67. The van der Waals surface area contributed by atoms with Crippen molar-refractivity contribution in [3.05, 3.63) is 20.8 Å². The van der Waals surface area contributed by atoms with Gasteiger partial charge in [-0.2, -0.15) is 0 Å². The number of morpholine rings is 1. The van der Waals surface area contributed by atoms with Crippen molar-refractivity contribution >= 4 is 33.2 Å². The van der Waals surface area contributed by atoms with Crippen molar-refractivity contribution in [2.75, 3.05) is 13.1 Å². The first-order chi connectivity index (χ1) is 7.87. The molecule has 0 radical (unpaired) electrons. The second-order valence-corrected chi connectivity index (χ2v) is 7.30. The van der Waals surface area contributed by atoms with E-state index in [1.807, 2.05) is 37.1 Å². The number of rotatable bonds is 1. The largest absolute Gasteiger partial charge is 0.369 e. The molecule has 2 rings (SSSR count). The summed E-state index contributed by atoms with van der Waals surface area (Å²) in [5.74, 6) is 0.0928. The lowest BCUT2D eigenvalue weighted by Gasteiger charge is -2.41. The van der Waals surface area contributed by atoms with Gasteiger partial charge in [0.1, 0.15) is 0 Å². The van der Waals surface area contributed by atoms with Crippen molar-refractivity contribution in [3.63, 3.8) is 0 Å². The van der Waals surface area contributed by atoms with Gasteiger partial charge in [-0.1, -0.05) is 0 Å². The SMILES string of the molecule is CC1CN(C(=O)c2csc(Br)c2)CC(C)(C)O1. The molecule has 0 spiro atoms. The molecule has 1 aliphatic rings. The van der Waals surface area contributed by atoms with E-state index in [1.165, 1.54) is 11.3 Å². The lowest BCUT2D eigenvalue weighted by Crippen LogP contribution is -2.53. The molecule has 0 bridgehead atoms. The lowest BCUT2D eigenvalue weighted by atomic mass is 10.0. The van der Waals surface area contributed by atoms with Crippen LogP contribution in [0.5, 0.6) is 0 Å². The number of thiophene rings is 1. The summed E-state index contributed by atoms with van der Waals surface area (Å²) in [5.41, 5.74) is 0.493. The Morgan fingerprint density at radius 3 is 2.88 bits per heavy atom. The molecule has 1 aliphatic heterocycles. The minimum atomic E-state index is -0.263. The highest BCUT2D eigenvalue weighted by molar-refractivity contribution is 9.11. The van der Waals surface area contributed by atoms with E-state index in [2.05, 4.69) is 15.9 Å². The van der Waals surface area contributed by atoms with E-state index < -0.39 is 0 Å². The highest BCUT2D eigenvalue weighted by Gasteiger charge is 2.34. The van der Waals surface area contributed by atoms with Crippen LogP contribution in [-0.4, -0.2) is 35.6 Å². The van der Waals surface area contributed by atoms with Crippen molar-refractivity contribution in [1.29, 1.82) is 0 Å². The molecule has 3 nitrogen and oxygen atoms in total. The van der Waals surface area contributed by atoms with E-state index >= 15 is 0 Å². The van der Waals surface area contributed by atoms with Crippen molar-refractivity contribution in [3.8, 4) is 0 Å². The van der Waals surface area contributed by atoms with E-state index in [9.17, 15) is 4.79 Å². The van der Waals surface area contributed by atoms with Gasteiger partial charge in [-0.05, 0) is 42.8 Å². The van der Waals surface area contributed by atoms with Gasteiger partial charge in [-0.25, -0.2) is 0 Å². The Hall–Kier alpha value is -0.390. The molecule has 0 N–H and O–H groups in total. The zero-order chi connectivity index (χ0) is 12.6. The molecule has 5 heteroatoms. The summed E-state index contributed by atoms with van der Waals surface area (Å²) in [5, 5.41) is 1.89. The van der Waals surface area contributed by atoms with Gasteiger partial charge >= 0.3 is 0 Å². The summed E-state index contributed by atoms with van der Waals surface area (Å²) in [6, 6.07) is 1.88. The maximum absolute atomic E-state index is 12.3. The predicted octanol–water partition coefficient (Wildman–Crippen LogP) is 3.15. The Kier molecular flexibility index (Phi) is 3.61. The topological polar surface area (TPSA) is 29.5 Å². The molecule has 94 valence electrons. The maximum atomic E-state index is 12.3. The van der Waals surface area contributed by atoms with Gasteiger partial charge in [-0.15, -0.1) is 11.3 Å². The smallest absolute Gasteiger partial charge is 0.254 e.